The molecule has 1 aromatic carbocycles. The van der Waals surface area contributed by atoms with Gasteiger partial charge in [0.25, 0.3) is 0 Å². The molecule has 2 atom stereocenters. The zero-order valence-corrected chi connectivity index (χ0v) is 9.71. The van der Waals surface area contributed by atoms with Crippen LogP contribution in [0.4, 0.5) is 5.69 Å². The number of fused-ring (bicyclic) bond motifs is 1. The standard InChI is InChI=1S/C13H19NO/c1-4-15-13-8-10(3)14-12-7-9(2)5-6-11(12)13/h5-7,10,13-14H,4,8H2,1-3H3. The number of nitrogens with one attached hydrogen (secondary N) is 1. The van der Waals surface area contributed by atoms with E-state index in [1.807, 2.05) is 0 Å². The van der Waals surface area contributed by atoms with Gasteiger partial charge in [-0.25, -0.2) is 0 Å². The summed E-state index contributed by atoms with van der Waals surface area (Å²) in [5.41, 5.74) is 3.85. The van der Waals surface area contributed by atoms with Gasteiger partial charge in [-0.3, -0.25) is 0 Å². The average molecular weight is 205 g/mol. The molecule has 0 bridgehead atoms. The van der Waals surface area contributed by atoms with Gasteiger partial charge in [0.1, 0.15) is 0 Å². The normalized spacial score (nSPS) is 24.5. The number of aryl methyl sites for hydroxylation is 1. The lowest BCUT2D eigenvalue weighted by Gasteiger charge is -2.31. The molecular formula is C13H19NO. The molecule has 1 heterocycles. The second-order valence-corrected chi connectivity index (χ2v) is 4.32. The molecule has 0 spiro atoms. The van der Waals surface area contributed by atoms with Crippen LogP contribution in [0, 0.1) is 6.92 Å². The van der Waals surface area contributed by atoms with Crippen LogP contribution in [0.15, 0.2) is 18.2 Å². The third-order valence-electron chi connectivity index (χ3n) is 2.89. The Morgan fingerprint density at radius 2 is 2.27 bits per heavy atom. The van der Waals surface area contributed by atoms with Crippen LogP contribution in [0.5, 0.6) is 0 Å². The minimum Gasteiger partial charge on any atom is -0.382 e. The van der Waals surface area contributed by atoms with Crippen LogP contribution in [-0.4, -0.2) is 12.6 Å². The first-order chi connectivity index (χ1) is 7.20. The largest absolute Gasteiger partial charge is 0.382 e. The zero-order valence-electron chi connectivity index (χ0n) is 9.71. The van der Waals surface area contributed by atoms with Crippen molar-refractivity contribution in [3.8, 4) is 0 Å². The van der Waals surface area contributed by atoms with Crippen molar-refractivity contribution >= 4 is 5.69 Å². The van der Waals surface area contributed by atoms with Gasteiger partial charge in [-0.15, -0.1) is 0 Å². The van der Waals surface area contributed by atoms with E-state index in [4.69, 9.17) is 4.74 Å². The number of hydrogen-bond donors (Lipinski definition) is 1. The van der Waals surface area contributed by atoms with Crippen molar-refractivity contribution in [3.63, 3.8) is 0 Å². The fourth-order valence-electron chi connectivity index (χ4n) is 2.21. The summed E-state index contributed by atoms with van der Waals surface area (Å²) in [6.45, 7) is 7.17. The van der Waals surface area contributed by atoms with Crippen molar-refractivity contribution in [2.24, 2.45) is 0 Å². The number of hydrogen-bond acceptors (Lipinski definition) is 2. The molecule has 0 amide bonds. The zero-order chi connectivity index (χ0) is 10.8. The molecule has 0 fully saturated rings. The van der Waals surface area contributed by atoms with Gasteiger partial charge in [0.15, 0.2) is 0 Å². The van der Waals surface area contributed by atoms with E-state index < -0.39 is 0 Å². The second kappa shape index (κ2) is 4.23. The van der Waals surface area contributed by atoms with E-state index in [0.717, 1.165) is 13.0 Å². The lowest BCUT2D eigenvalue weighted by atomic mass is 9.95. The van der Waals surface area contributed by atoms with E-state index in [0.29, 0.717) is 6.04 Å². The Bertz CT molecular complexity index is 348. The van der Waals surface area contributed by atoms with Crippen LogP contribution >= 0.6 is 0 Å². The van der Waals surface area contributed by atoms with Crippen LogP contribution in [0.3, 0.4) is 0 Å². The summed E-state index contributed by atoms with van der Waals surface area (Å²) in [6.07, 6.45) is 1.33. The van der Waals surface area contributed by atoms with E-state index in [2.05, 4.69) is 44.3 Å². The lowest BCUT2D eigenvalue weighted by molar-refractivity contribution is 0.0512. The van der Waals surface area contributed by atoms with Crippen LogP contribution in [0.25, 0.3) is 0 Å². The van der Waals surface area contributed by atoms with Crippen LogP contribution in [0.1, 0.15) is 37.5 Å². The molecule has 0 saturated heterocycles. The molecule has 2 heteroatoms. The highest BCUT2D eigenvalue weighted by molar-refractivity contribution is 5.56. The smallest absolute Gasteiger partial charge is 0.0864 e. The third kappa shape index (κ3) is 2.15. The summed E-state index contributed by atoms with van der Waals surface area (Å²) in [6, 6.07) is 7.04. The molecule has 0 radical (unpaired) electrons. The second-order valence-electron chi connectivity index (χ2n) is 4.32. The molecule has 2 nitrogen and oxygen atoms in total. The molecule has 82 valence electrons. The Balaban J connectivity index is 2.33. The van der Waals surface area contributed by atoms with Crippen molar-refractivity contribution in [2.45, 2.75) is 39.3 Å². The first-order valence-corrected chi connectivity index (χ1v) is 5.69. The van der Waals surface area contributed by atoms with Crippen molar-refractivity contribution in [2.75, 3.05) is 11.9 Å². The molecule has 1 N–H and O–H groups in total. The van der Waals surface area contributed by atoms with Gasteiger partial charge < -0.3 is 10.1 Å². The number of benzene rings is 1. The van der Waals surface area contributed by atoms with Crippen LogP contribution in [0.2, 0.25) is 0 Å². The van der Waals surface area contributed by atoms with Crippen molar-refractivity contribution in [3.05, 3.63) is 29.3 Å². The highest BCUT2D eigenvalue weighted by atomic mass is 16.5. The first kappa shape index (κ1) is 10.5. The number of ether oxygens (including phenoxy) is 1. The van der Waals surface area contributed by atoms with E-state index in [1.165, 1.54) is 16.8 Å². The molecule has 0 aromatic heterocycles. The third-order valence-corrected chi connectivity index (χ3v) is 2.89. The van der Waals surface area contributed by atoms with Crippen LogP contribution < -0.4 is 5.32 Å². The maximum Gasteiger partial charge on any atom is 0.0864 e. The molecular weight excluding hydrogens is 186 g/mol. The predicted molar refractivity (Wildman–Crippen MR) is 63.2 cm³/mol. The number of rotatable bonds is 2. The Morgan fingerprint density at radius 1 is 1.47 bits per heavy atom. The molecule has 2 unspecified atom stereocenters. The van der Waals surface area contributed by atoms with Gasteiger partial charge in [0, 0.05) is 23.9 Å². The summed E-state index contributed by atoms with van der Waals surface area (Å²) < 4.78 is 5.78. The predicted octanol–water partition coefficient (Wildman–Crippen LogP) is 3.28. The molecule has 1 aliphatic rings. The SMILES string of the molecule is CCOC1CC(C)Nc2cc(C)ccc21. The van der Waals surface area contributed by atoms with Gasteiger partial charge in [0.05, 0.1) is 6.10 Å². The van der Waals surface area contributed by atoms with Crippen molar-refractivity contribution in [1.82, 2.24) is 0 Å². The summed E-state index contributed by atoms with van der Waals surface area (Å²) >= 11 is 0. The Labute approximate surface area is 91.6 Å². The summed E-state index contributed by atoms with van der Waals surface area (Å²) in [5.74, 6) is 0. The van der Waals surface area contributed by atoms with Crippen LogP contribution in [-0.2, 0) is 4.74 Å². The quantitative estimate of drug-likeness (QED) is 0.800. The van der Waals surface area contributed by atoms with E-state index in [-0.39, 0.29) is 6.10 Å². The average Bonchev–Trinajstić information content (AvgIpc) is 2.17. The van der Waals surface area contributed by atoms with Crippen molar-refractivity contribution in [1.29, 1.82) is 0 Å². The van der Waals surface area contributed by atoms with E-state index >= 15 is 0 Å². The molecule has 0 aliphatic carbocycles. The molecule has 0 saturated carbocycles. The maximum absolute atomic E-state index is 5.78. The molecule has 2 rings (SSSR count). The van der Waals surface area contributed by atoms with E-state index in [9.17, 15) is 0 Å². The van der Waals surface area contributed by atoms with Gasteiger partial charge in [-0.05, 0) is 38.8 Å². The Morgan fingerprint density at radius 3 is 3.00 bits per heavy atom. The van der Waals surface area contributed by atoms with Gasteiger partial charge in [-0.2, -0.15) is 0 Å². The minimum atomic E-state index is 0.266. The van der Waals surface area contributed by atoms with E-state index in [1.54, 1.807) is 0 Å². The summed E-state index contributed by atoms with van der Waals surface area (Å²) in [5, 5.41) is 3.51. The topological polar surface area (TPSA) is 21.3 Å². The summed E-state index contributed by atoms with van der Waals surface area (Å²) in [4.78, 5) is 0. The lowest BCUT2D eigenvalue weighted by Crippen LogP contribution is -2.26. The van der Waals surface area contributed by atoms with Gasteiger partial charge in [-0.1, -0.05) is 12.1 Å². The fraction of sp³-hybridized carbons (Fsp3) is 0.538. The first-order valence-electron chi connectivity index (χ1n) is 5.69. The molecule has 1 aliphatic heterocycles. The Hall–Kier alpha value is -1.02. The highest BCUT2D eigenvalue weighted by Gasteiger charge is 2.24. The monoisotopic (exact) mass is 205 g/mol. The Kier molecular flexibility index (Phi) is 2.96. The fourth-order valence-corrected chi connectivity index (χ4v) is 2.21. The number of anilines is 1. The van der Waals surface area contributed by atoms with Gasteiger partial charge in [0.2, 0.25) is 0 Å². The highest BCUT2D eigenvalue weighted by Crippen LogP contribution is 2.35. The van der Waals surface area contributed by atoms with Crippen molar-refractivity contribution < 1.29 is 4.74 Å². The minimum absolute atomic E-state index is 0.266. The molecule has 15 heavy (non-hydrogen) atoms. The molecule has 1 aromatic rings. The van der Waals surface area contributed by atoms with Gasteiger partial charge >= 0.3 is 0 Å². The maximum atomic E-state index is 5.78. The summed E-state index contributed by atoms with van der Waals surface area (Å²) in [7, 11) is 0.